The van der Waals surface area contributed by atoms with Crippen molar-refractivity contribution in [3.05, 3.63) is 28.8 Å². The summed E-state index contributed by atoms with van der Waals surface area (Å²) in [6, 6.07) is 5.63. The predicted molar refractivity (Wildman–Crippen MR) is 83.0 cm³/mol. The van der Waals surface area contributed by atoms with Gasteiger partial charge in [0.05, 0.1) is 6.54 Å². The van der Waals surface area contributed by atoms with E-state index < -0.39 is 0 Å². The molecule has 1 aliphatic heterocycles. The Labute approximate surface area is 125 Å². The van der Waals surface area contributed by atoms with Crippen molar-refractivity contribution in [1.29, 1.82) is 0 Å². The number of nitrogens with zero attached hydrogens (tertiary/aromatic N) is 1. The van der Waals surface area contributed by atoms with Gasteiger partial charge in [-0.2, -0.15) is 0 Å². The lowest BCUT2D eigenvalue weighted by Gasteiger charge is -2.34. The minimum absolute atomic E-state index is 0.00303. The van der Waals surface area contributed by atoms with Gasteiger partial charge in [0.25, 0.3) is 0 Å². The van der Waals surface area contributed by atoms with Crippen molar-refractivity contribution < 1.29 is 4.79 Å². The first-order valence-corrected chi connectivity index (χ1v) is 7.36. The highest BCUT2D eigenvalue weighted by atomic mass is 35.5. The molecule has 1 aromatic rings. The molecule has 0 aliphatic carbocycles. The summed E-state index contributed by atoms with van der Waals surface area (Å²) in [5.74, 6) is 0.542. The lowest BCUT2D eigenvalue weighted by molar-refractivity contribution is -0.117. The average molecular weight is 296 g/mol. The minimum atomic E-state index is -0.00303. The maximum atomic E-state index is 12.1. The summed E-state index contributed by atoms with van der Waals surface area (Å²) in [5.41, 5.74) is 7.78. The van der Waals surface area contributed by atoms with Crippen molar-refractivity contribution in [3.63, 3.8) is 0 Å². The van der Waals surface area contributed by atoms with Crippen molar-refractivity contribution in [2.45, 2.75) is 26.3 Å². The van der Waals surface area contributed by atoms with Gasteiger partial charge in [-0.3, -0.25) is 9.69 Å². The normalized spacial score (nSPS) is 23.6. The van der Waals surface area contributed by atoms with Crippen LogP contribution >= 0.6 is 11.6 Å². The van der Waals surface area contributed by atoms with Gasteiger partial charge < -0.3 is 11.1 Å². The van der Waals surface area contributed by atoms with Crippen molar-refractivity contribution in [3.8, 4) is 0 Å². The molecule has 2 atom stereocenters. The summed E-state index contributed by atoms with van der Waals surface area (Å²) >= 11 is 5.91. The zero-order chi connectivity index (χ0) is 14.7. The van der Waals surface area contributed by atoms with Crippen LogP contribution in [0.2, 0.25) is 5.02 Å². The Balaban J connectivity index is 1.92. The zero-order valence-corrected chi connectivity index (χ0v) is 12.8. The monoisotopic (exact) mass is 295 g/mol. The van der Waals surface area contributed by atoms with Crippen LogP contribution in [0.1, 0.15) is 18.9 Å². The predicted octanol–water partition coefficient (Wildman–Crippen LogP) is 2.26. The molecule has 20 heavy (non-hydrogen) atoms. The highest BCUT2D eigenvalue weighted by molar-refractivity contribution is 6.30. The molecule has 0 spiro atoms. The topological polar surface area (TPSA) is 58.4 Å². The highest BCUT2D eigenvalue weighted by Gasteiger charge is 2.23. The summed E-state index contributed by atoms with van der Waals surface area (Å²) in [6.45, 7) is 6.21. The quantitative estimate of drug-likeness (QED) is 0.899. The zero-order valence-electron chi connectivity index (χ0n) is 12.0. The van der Waals surface area contributed by atoms with Gasteiger partial charge in [-0.1, -0.05) is 18.5 Å². The fourth-order valence-corrected chi connectivity index (χ4v) is 3.03. The maximum absolute atomic E-state index is 12.1. The number of piperidine rings is 1. The number of likely N-dealkylation sites (tertiary alicyclic amines) is 1. The molecular weight excluding hydrogens is 274 g/mol. The van der Waals surface area contributed by atoms with Crippen LogP contribution in [-0.4, -0.2) is 36.5 Å². The molecular formula is C15H22ClN3O. The van der Waals surface area contributed by atoms with E-state index in [1.165, 1.54) is 0 Å². The first-order valence-electron chi connectivity index (χ1n) is 6.98. The van der Waals surface area contributed by atoms with Gasteiger partial charge in [-0.15, -0.1) is 0 Å². The molecule has 3 N–H and O–H groups in total. The van der Waals surface area contributed by atoms with E-state index in [9.17, 15) is 4.79 Å². The van der Waals surface area contributed by atoms with E-state index in [2.05, 4.69) is 17.1 Å². The van der Waals surface area contributed by atoms with Crippen LogP contribution in [0.4, 0.5) is 5.69 Å². The second kappa shape index (κ2) is 6.57. The minimum Gasteiger partial charge on any atom is -0.327 e. The molecule has 4 nitrogen and oxygen atoms in total. The summed E-state index contributed by atoms with van der Waals surface area (Å²) < 4.78 is 0. The first kappa shape index (κ1) is 15.3. The van der Waals surface area contributed by atoms with Crippen LogP contribution in [0.15, 0.2) is 18.2 Å². The Bertz CT molecular complexity index is 482. The van der Waals surface area contributed by atoms with Crippen molar-refractivity contribution in [2.24, 2.45) is 11.7 Å². The van der Waals surface area contributed by atoms with Gasteiger partial charge in [-0.05, 0) is 43.0 Å². The second-order valence-electron chi connectivity index (χ2n) is 5.80. The van der Waals surface area contributed by atoms with E-state index in [0.717, 1.165) is 30.8 Å². The Kier molecular flexibility index (Phi) is 5.02. The van der Waals surface area contributed by atoms with E-state index in [1.807, 2.05) is 19.1 Å². The summed E-state index contributed by atoms with van der Waals surface area (Å²) in [4.78, 5) is 14.2. The number of hydrogen-bond donors (Lipinski definition) is 2. The number of rotatable bonds is 3. The number of aryl methyl sites for hydroxylation is 1. The number of hydrogen-bond acceptors (Lipinski definition) is 3. The first-order chi connectivity index (χ1) is 9.44. The summed E-state index contributed by atoms with van der Waals surface area (Å²) in [5, 5.41) is 3.61. The highest BCUT2D eigenvalue weighted by Crippen LogP contribution is 2.20. The number of carbonyl (C=O) groups excluding carboxylic acids is 1. The Morgan fingerprint density at radius 1 is 1.50 bits per heavy atom. The number of nitrogens with one attached hydrogen (secondary N) is 1. The molecule has 5 heteroatoms. The fraction of sp³-hybridized carbons (Fsp3) is 0.533. The molecule has 0 bridgehead atoms. The van der Waals surface area contributed by atoms with Crippen LogP contribution in [0.25, 0.3) is 0 Å². The van der Waals surface area contributed by atoms with E-state index in [4.69, 9.17) is 17.3 Å². The lowest BCUT2D eigenvalue weighted by atomic mass is 9.97. The number of nitrogens with two attached hydrogens (primary N) is 1. The average Bonchev–Trinajstić information content (AvgIpc) is 2.31. The van der Waals surface area contributed by atoms with Crippen LogP contribution < -0.4 is 11.1 Å². The molecule has 0 saturated carbocycles. The summed E-state index contributed by atoms with van der Waals surface area (Å²) in [7, 11) is 0. The summed E-state index contributed by atoms with van der Waals surface area (Å²) in [6.07, 6.45) is 1.04. The molecule has 1 saturated heterocycles. The molecule has 2 unspecified atom stereocenters. The van der Waals surface area contributed by atoms with Crippen molar-refractivity contribution in [2.75, 3.05) is 25.0 Å². The third kappa shape index (κ3) is 4.20. The fourth-order valence-electron chi connectivity index (χ4n) is 2.80. The van der Waals surface area contributed by atoms with Gasteiger partial charge in [0.1, 0.15) is 0 Å². The van der Waals surface area contributed by atoms with Gasteiger partial charge in [0.2, 0.25) is 5.91 Å². The molecule has 1 amide bonds. The Hall–Kier alpha value is -1.10. The maximum Gasteiger partial charge on any atom is 0.238 e. The third-order valence-corrected chi connectivity index (χ3v) is 3.83. The Morgan fingerprint density at radius 2 is 2.25 bits per heavy atom. The molecule has 2 rings (SSSR count). The largest absolute Gasteiger partial charge is 0.327 e. The SMILES string of the molecule is Cc1cc(Cl)ccc1NC(=O)CN1CC(C)CC(N)C1. The third-order valence-electron chi connectivity index (χ3n) is 3.60. The number of anilines is 1. The van der Waals surface area contributed by atoms with Gasteiger partial charge in [0.15, 0.2) is 0 Å². The van der Waals surface area contributed by atoms with E-state index in [0.29, 0.717) is 17.5 Å². The molecule has 1 fully saturated rings. The Morgan fingerprint density at radius 3 is 2.90 bits per heavy atom. The van der Waals surface area contributed by atoms with Gasteiger partial charge in [0, 0.05) is 29.8 Å². The van der Waals surface area contributed by atoms with E-state index >= 15 is 0 Å². The number of carbonyl (C=O) groups is 1. The molecule has 0 radical (unpaired) electrons. The molecule has 0 aromatic heterocycles. The molecule has 1 aromatic carbocycles. The number of halogens is 1. The lowest BCUT2D eigenvalue weighted by Crippen LogP contribution is -2.48. The van der Waals surface area contributed by atoms with Crippen molar-refractivity contribution in [1.82, 2.24) is 4.90 Å². The van der Waals surface area contributed by atoms with Crippen molar-refractivity contribution >= 4 is 23.2 Å². The molecule has 1 heterocycles. The molecule has 1 aliphatic rings. The number of benzene rings is 1. The van der Waals surface area contributed by atoms with Gasteiger partial charge >= 0.3 is 0 Å². The molecule has 110 valence electrons. The van der Waals surface area contributed by atoms with Crippen LogP contribution in [0.3, 0.4) is 0 Å². The van der Waals surface area contributed by atoms with Crippen LogP contribution in [-0.2, 0) is 4.79 Å². The van der Waals surface area contributed by atoms with E-state index in [-0.39, 0.29) is 11.9 Å². The van der Waals surface area contributed by atoms with E-state index in [1.54, 1.807) is 6.07 Å². The van der Waals surface area contributed by atoms with Crippen LogP contribution in [0, 0.1) is 12.8 Å². The van der Waals surface area contributed by atoms with Gasteiger partial charge in [-0.25, -0.2) is 0 Å². The smallest absolute Gasteiger partial charge is 0.238 e. The van der Waals surface area contributed by atoms with Crippen LogP contribution in [0.5, 0.6) is 0 Å². The number of amides is 1. The standard InChI is InChI=1S/C15H22ClN3O/c1-10-5-13(17)8-19(7-10)9-15(20)18-14-4-3-12(16)6-11(14)2/h3-4,6,10,13H,5,7-9,17H2,1-2H3,(H,18,20). The second-order valence-corrected chi connectivity index (χ2v) is 6.24.